The molecule has 38 valence electrons. The summed E-state index contributed by atoms with van der Waals surface area (Å²) in [6.07, 6.45) is 0.958. The van der Waals surface area contributed by atoms with Gasteiger partial charge in [0.05, 0.1) is 0 Å². The van der Waals surface area contributed by atoms with E-state index in [2.05, 4.69) is 0 Å². The first-order valence-corrected chi connectivity index (χ1v) is 3.25. The molecule has 0 bridgehead atoms. The summed E-state index contributed by atoms with van der Waals surface area (Å²) in [6, 6.07) is 0.285. The minimum atomic E-state index is 0.285. The number of hydrogen-bond donors (Lipinski definition) is 2. The smallest absolute Gasteiger partial charge is 0.00590 e. The summed E-state index contributed by atoms with van der Waals surface area (Å²) in [4.78, 5) is 0. The molecule has 0 fully saturated rings. The largest absolute Gasteiger partial charge is 0.328 e. The second kappa shape index (κ2) is 3.54. The molecule has 0 radical (unpaired) electrons. The van der Waals surface area contributed by atoms with Gasteiger partial charge in [0, 0.05) is 6.04 Å². The fourth-order valence-corrected chi connectivity index (χ4v) is 0.558. The number of nitrogens with two attached hydrogens (primary N) is 2. The zero-order valence-electron chi connectivity index (χ0n) is 3.94. The highest BCUT2D eigenvalue weighted by molar-refractivity contribution is 7.35. The molecule has 0 aliphatic carbocycles. The Labute approximate surface area is 40.1 Å². The van der Waals surface area contributed by atoms with Crippen LogP contribution < -0.4 is 11.2 Å². The van der Waals surface area contributed by atoms with Crippen molar-refractivity contribution in [2.75, 3.05) is 6.16 Å². The topological polar surface area (TPSA) is 52.0 Å². The van der Waals surface area contributed by atoms with Crippen molar-refractivity contribution < 1.29 is 0 Å². The van der Waals surface area contributed by atoms with Gasteiger partial charge < -0.3 is 11.2 Å². The van der Waals surface area contributed by atoms with Crippen molar-refractivity contribution in [2.45, 2.75) is 13.0 Å². The minimum absolute atomic E-state index is 0.285. The monoisotopic (exact) mass is 106 g/mol. The van der Waals surface area contributed by atoms with E-state index in [1.807, 2.05) is 6.92 Å². The van der Waals surface area contributed by atoms with Crippen LogP contribution in [0.25, 0.3) is 0 Å². The second-order valence-corrected chi connectivity index (χ2v) is 2.20. The van der Waals surface area contributed by atoms with Crippen LogP contribution in [0.2, 0.25) is 0 Å². The Bertz CT molecular complexity index is 30.0. The molecule has 0 amide bonds. The van der Waals surface area contributed by atoms with E-state index in [9.17, 15) is 0 Å². The molecule has 2 unspecified atom stereocenters. The Kier molecular flexibility index (Phi) is 3.74. The molecular formula is C3H11N2P. The Morgan fingerprint density at radius 1 is 1.83 bits per heavy atom. The highest BCUT2D eigenvalue weighted by atomic mass is 31.1. The van der Waals surface area contributed by atoms with Gasteiger partial charge in [0.2, 0.25) is 0 Å². The molecule has 0 saturated heterocycles. The third kappa shape index (κ3) is 4.35. The van der Waals surface area contributed by atoms with Crippen molar-refractivity contribution >= 4 is 8.73 Å². The lowest BCUT2D eigenvalue weighted by molar-refractivity contribution is 0.844. The molecule has 2 nitrogen and oxygen atoms in total. The average molecular weight is 106 g/mol. The summed E-state index contributed by atoms with van der Waals surface area (Å²) in [7, 11) is 0.513. The molecule has 4 N–H and O–H groups in total. The van der Waals surface area contributed by atoms with Crippen molar-refractivity contribution in [2.24, 2.45) is 11.2 Å². The molecule has 0 aromatic rings. The van der Waals surface area contributed by atoms with Crippen molar-refractivity contribution in [1.82, 2.24) is 0 Å². The first-order chi connectivity index (χ1) is 2.77. The maximum absolute atomic E-state index is 5.33. The van der Waals surface area contributed by atoms with Crippen LogP contribution >= 0.6 is 8.73 Å². The van der Waals surface area contributed by atoms with Gasteiger partial charge in [0.25, 0.3) is 0 Å². The van der Waals surface area contributed by atoms with E-state index in [-0.39, 0.29) is 6.04 Å². The van der Waals surface area contributed by atoms with E-state index < -0.39 is 0 Å². The maximum atomic E-state index is 5.33. The molecule has 2 atom stereocenters. The van der Waals surface area contributed by atoms with Crippen molar-refractivity contribution in [3.8, 4) is 0 Å². The van der Waals surface area contributed by atoms with Gasteiger partial charge in [-0.1, -0.05) is 8.73 Å². The lowest BCUT2D eigenvalue weighted by Crippen LogP contribution is -2.17. The van der Waals surface area contributed by atoms with E-state index in [0.717, 1.165) is 6.16 Å². The maximum Gasteiger partial charge on any atom is 0.00590 e. The van der Waals surface area contributed by atoms with Crippen LogP contribution in [0.15, 0.2) is 0 Å². The molecular weight excluding hydrogens is 95.0 g/mol. The van der Waals surface area contributed by atoms with Crippen LogP contribution in [0.5, 0.6) is 0 Å². The zero-order valence-corrected chi connectivity index (χ0v) is 4.94. The van der Waals surface area contributed by atoms with Crippen LogP contribution in [0.3, 0.4) is 0 Å². The lowest BCUT2D eigenvalue weighted by Gasteiger charge is -1.96. The highest BCUT2D eigenvalue weighted by Gasteiger charge is 1.85. The molecule has 0 saturated carbocycles. The third-order valence-corrected chi connectivity index (χ3v) is 1.32. The molecule has 0 heterocycles. The van der Waals surface area contributed by atoms with Crippen LogP contribution in [0.4, 0.5) is 0 Å². The van der Waals surface area contributed by atoms with E-state index in [4.69, 9.17) is 11.2 Å². The van der Waals surface area contributed by atoms with Gasteiger partial charge in [0.15, 0.2) is 0 Å². The SMILES string of the molecule is CC(N)CPN. The normalized spacial score (nSPS) is 16.5. The molecule has 0 aromatic carbocycles. The van der Waals surface area contributed by atoms with E-state index in [0.29, 0.717) is 8.73 Å². The Balaban J connectivity index is 2.63. The number of rotatable bonds is 2. The standard InChI is InChI=1S/C3H11N2P/c1-3(4)2-6-5/h3,6H,2,4-5H2,1H3. The molecule has 0 aliphatic rings. The van der Waals surface area contributed by atoms with Crippen molar-refractivity contribution in [3.05, 3.63) is 0 Å². The quantitative estimate of drug-likeness (QED) is 0.482. The molecule has 3 heteroatoms. The van der Waals surface area contributed by atoms with Crippen molar-refractivity contribution in [3.63, 3.8) is 0 Å². The summed E-state index contributed by atoms with van der Waals surface area (Å²) in [5.74, 6) is 0. The lowest BCUT2D eigenvalue weighted by atomic mass is 10.4. The Hall–Kier alpha value is 0.350. The van der Waals surface area contributed by atoms with E-state index in [1.165, 1.54) is 0 Å². The van der Waals surface area contributed by atoms with Crippen LogP contribution in [-0.4, -0.2) is 12.2 Å². The predicted molar refractivity (Wildman–Crippen MR) is 31.0 cm³/mol. The highest BCUT2D eigenvalue weighted by Crippen LogP contribution is 1.94. The van der Waals surface area contributed by atoms with Crippen molar-refractivity contribution in [1.29, 1.82) is 0 Å². The van der Waals surface area contributed by atoms with Gasteiger partial charge in [-0.25, -0.2) is 0 Å². The third-order valence-electron chi connectivity index (χ3n) is 0.440. The average Bonchev–Trinajstić information content (AvgIpc) is 1.35. The molecule has 6 heavy (non-hydrogen) atoms. The zero-order chi connectivity index (χ0) is 4.99. The molecule has 0 spiro atoms. The second-order valence-electron chi connectivity index (χ2n) is 1.39. The van der Waals surface area contributed by atoms with Gasteiger partial charge >= 0.3 is 0 Å². The van der Waals surface area contributed by atoms with Gasteiger partial charge in [0.1, 0.15) is 0 Å². The van der Waals surface area contributed by atoms with Crippen LogP contribution in [-0.2, 0) is 0 Å². The summed E-state index contributed by atoms with van der Waals surface area (Å²) in [5, 5.41) is 0. The fraction of sp³-hybridized carbons (Fsp3) is 1.00. The van der Waals surface area contributed by atoms with Gasteiger partial charge in [-0.15, -0.1) is 0 Å². The molecule has 0 aliphatic heterocycles. The van der Waals surface area contributed by atoms with Crippen LogP contribution in [0.1, 0.15) is 6.92 Å². The molecule has 0 rings (SSSR count). The van der Waals surface area contributed by atoms with E-state index in [1.54, 1.807) is 0 Å². The summed E-state index contributed by atoms with van der Waals surface area (Å²) < 4.78 is 0. The summed E-state index contributed by atoms with van der Waals surface area (Å²) >= 11 is 0. The van der Waals surface area contributed by atoms with E-state index >= 15 is 0 Å². The van der Waals surface area contributed by atoms with Crippen LogP contribution in [0, 0.1) is 0 Å². The predicted octanol–water partition coefficient (Wildman–Crippen LogP) is -0.114. The fourth-order valence-electron chi connectivity index (χ4n) is 0.186. The molecule has 0 aromatic heterocycles. The number of hydrogen-bond acceptors (Lipinski definition) is 2. The first kappa shape index (κ1) is 6.35. The van der Waals surface area contributed by atoms with Gasteiger partial charge in [-0.2, -0.15) is 0 Å². The Morgan fingerprint density at radius 3 is 2.33 bits per heavy atom. The van der Waals surface area contributed by atoms with Gasteiger partial charge in [-0.05, 0) is 13.1 Å². The van der Waals surface area contributed by atoms with Gasteiger partial charge in [-0.3, -0.25) is 0 Å². The summed E-state index contributed by atoms with van der Waals surface area (Å²) in [5.41, 5.74) is 10.5. The minimum Gasteiger partial charge on any atom is -0.328 e. The summed E-state index contributed by atoms with van der Waals surface area (Å²) in [6.45, 7) is 1.96. The first-order valence-electron chi connectivity index (χ1n) is 1.96. The Morgan fingerprint density at radius 2 is 2.33 bits per heavy atom.